The summed E-state index contributed by atoms with van der Waals surface area (Å²) in [5.74, 6) is -1.74. The number of rotatable bonds is 5. The van der Waals surface area contributed by atoms with Crippen molar-refractivity contribution in [3.05, 3.63) is 0 Å². The SMILES string of the molecule is NC(=O)/N=C(\N)NC(=O)CCCCC(=O)N/C(N)=N/C(N)=O. The zero-order valence-electron chi connectivity index (χ0n) is 11.7. The number of aliphatic imine (C=N–C) groups is 2. The summed E-state index contributed by atoms with van der Waals surface area (Å²) < 4.78 is 0. The minimum absolute atomic E-state index is 0.0626. The summed E-state index contributed by atoms with van der Waals surface area (Å²) >= 11 is 0. The molecule has 0 aromatic carbocycles. The molecule has 0 fully saturated rings. The molecule has 12 nitrogen and oxygen atoms in total. The van der Waals surface area contributed by atoms with Crippen molar-refractivity contribution < 1.29 is 19.2 Å². The largest absolute Gasteiger partial charge is 0.369 e. The van der Waals surface area contributed by atoms with Crippen molar-refractivity contribution in [1.29, 1.82) is 0 Å². The number of carbonyl (C=O) groups is 4. The molecule has 122 valence electrons. The first kappa shape index (κ1) is 18.8. The van der Waals surface area contributed by atoms with Gasteiger partial charge in [-0.1, -0.05) is 0 Å². The molecular weight excluding hydrogens is 296 g/mol. The van der Waals surface area contributed by atoms with Crippen LogP contribution in [-0.4, -0.2) is 35.8 Å². The molecule has 0 unspecified atom stereocenters. The molecule has 0 spiro atoms. The lowest BCUT2D eigenvalue weighted by molar-refractivity contribution is -0.121. The van der Waals surface area contributed by atoms with E-state index in [0.29, 0.717) is 12.8 Å². The van der Waals surface area contributed by atoms with E-state index >= 15 is 0 Å². The number of amides is 6. The molecule has 0 saturated carbocycles. The van der Waals surface area contributed by atoms with Crippen LogP contribution in [0.3, 0.4) is 0 Å². The Morgan fingerprint density at radius 3 is 1.27 bits per heavy atom. The molecule has 0 aliphatic heterocycles. The number of nitrogens with one attached hydrogen (secondary N) is 2. The van der Waals surface area contributed by atoms with E-state index in [1.54, 1.807) is 0 Å². The second kappa shape index (κ2) is 9.68. The number of primary amides is 2. The highest BCUT2D eigenvalue weighted by Crippen LogP contribution is 1.99. The summed E-state index contributed by atoms with van der Waals surface area (Å²) in [4.78, 5) is 49.7. The van der Waals surface area contributed by atoms with Gasteiger partial charge >= 0.3 is 12.1 Å². The number of urea groups is 2. The monoisotopic (exact) mass is 314 g/mol. The molecule has 12 heteroatoms. The highest BCUT2D eigenvalue weighted by atomic mass is 16.2. The van der Waals surface area contributed by atoms with Crippen molar-refractivity contribution in [3.63, 3.8) is 0 Å². The minimum atomic E-state index is -1.02. The average molecular weight is 314 g/mol. The second-order valence-electron chi connectivity index (χ2n) is 3.97. The molecule has 0 aromatic rings. The van der Waals surface area contributed by atoms with Gasteiger partial charge in [-0.2, -0.15) is 9.98 Å². The van der Waals surface area contributed by atoms with Gasteiger partial charge in [0.25, 0.3) is 0 Å². The van der Waals surface area contributed by atoms with Crippen LogP contribution in [0.15, 0.2) is 9.98 Å². The van der Waals surface area contributed by atoms with Crippen LogP contribution in [0.1, 0.15) is 25.7 Å². The second-order valence-corrected chi connectivity index (χ2v) is 3.97. The zero-order valence-corrected chi connectivity index (χ0v) is 11.7. The Bertz CT molecular complexity index is 467. The van der Waals surface area contributed by atoms with Gasteiger partial charge in [0.05, 0.1) is 0 Å². The third-order valence-corrected chi connectivity index (χ3v) is 2.05. The van der Waals surface area contributed by atoms with E-state index in [-0.39, 0.29) is 12.8 Å². The lowest BCUT2D eigenvalue weighted by atomic mass is 10.2. The molecule has 0 bridgehead atoms. The van der Waals surface area contributed by atoms with Gasteiger partial charge in [-0.15, -0.1) is 0 Å². The summed E-state index contributed by atoms with van der Waals surface area (Å²) in [6, 6.07) is -2.05. The number of hydrogen-bond donors (Lipinski definition) is 6. The standard InChI is InChI=1S/C10H18N8O4/c11-7(17-9(13)21)15-5(19)3-1-2-4-6(20)16-8(12)18-10(14)22/h1-4H2,(H5,11,13,15,17,19,21)(H5,12,14,16,18,20,22). The maximum atomic E-state index is 11.4. The van der Waals surface area contributed by atoms with E-state index in [0.717, 1.165) is 0 Å². The summed E-state index contributed by atoms with van der Waals surface area (Å²) in [6.07, 6.45) is 0.867. The predicted molar refractivity (Wildman–Crippen MR) is 77.2 cm³/mol. The number of nitrogens with zero attached hydrogens (tertiary/aromatic N) is 2. The van der Waals surface area contributed by atoms with Gasteiger partial charge < -0.3 is 22.9 Å². The number of carbonyl (C=O) groups excluding carboxylic acids is 4. The molecular formula is C10H18N8O4. The van der Waals surface area contributed by atoms with Crippen molar-refractivity contribution in [2.24, 2.45) is 32.9 Å². The van der Waals surface area contributed by atoms with Crippen molar-refractivity contribution in [1.82, 2.24) is 10.6 Å². The molecule has 0 rings (SSSR count). The van der Waals surface area contributed by atoms with Gasteiger partial charge in [-0.25, -0.2) is 9.59 Å². The number of nitrogens with two attached hydrogens (primary N) is 4. The van der Waals surface area contributed by atoms with Crippen molar-refractivity contribution in [2.75, 3.05) is 0 Å². The van der Waals surface area contributed by atoms with E-state index in [1.807, 2.05) is 0 Å². The van der Waals surface area contributed by atoms with Gasteiger partial charge in [-0.3, -0.25) is 20.2 Å². The van der Waals surface area contributed by atoms with Crippen molar-refractivity contribution in [3.8, 4) is 0 Å². The van der Waals surface area contributed by atoms with E-state index in [9.17, 15) is 19.2 Å². The van der Waals surface area contributed by atoms with Gasteiger partial charge in [0.2, 0.25) is 23.7 Å². The molecule has 0 aromatic heterocycles. The maximum absolute atomic E-state index is 11.4. The number of hydrogen-bond acceptors (Lipinski definition) is 4. The minimum Gasteiger partial charge on any atom is -0.369 e. The van der Waals surface area contributed by atoms with Crippen LogP contribution in [0.25, 0.3) is 0 Å². The molecule has 6 amide bonds. The Morgan fingerprint density at radius 2 is 1.00 bits per heavy atom. The number of guanidine groups is 2. The summed E-state index contributed by atoms with van der Waals surface area (Å²) in [5.41, 5.74) is 19.9. The highest BCUT2D eigenvalue weighted by Gasteiger charge is 2.07. The van der Waals surface area contributed by atoms with Gasteiger partial charge in [-0.05, 0) is 12.8 Å². The first-order chi connectivity index (χ1) is 10.2. The predicted octanol–water partition coefficient (Wildman–Crippen LogP) is -2.43. The molecule has 22 heavy (non-hydrogen) atoms. The van der Waals surface area contributed by atoms with Crippen molar-refractivity contribution >= 4 is 35.8 Å². The summed E-state index contributed by atoms with van der Waals surface area (Å²) in [7, 11) is 0. The third-order valence-electron chi connectivity index (χ3n) is 2.05. The highest BCUT2D eigenvalue weighted by molar-refractivity contribution is 6.01. The van der Waals surface area contributed by atoms with Gasteiger partial charge in [0.1, 0.15) is 0 Å². The molecule has 0 atom stereocenters. The molecule has 0 saturated heterocycles. The molecule has 0 aliphatic carbocycles. The molecule has 0 aliphatic rings. The molecule has 0 heterocycles. The van der Waals surface area contributed by atoms with Crippen LogP contribution in [0.5, 0.6) is 0 Å². The number of unbranched alkanes of at least 4 members (excludes halogenated alkanes) is 1. The average Bonchev–Trinajstić information content (AvgIpc) is 2.32. The first-order valence-corrected chi connectivity index (χ1v) is 6.07. The Balaban J connectivity index is 3.93. The lowest BCUT2D eigenvalue weighted by Crippen LogP contribution is -2.38. The van der Waals surface area contributed by atoms with E-state index < -0.39 is 35.8 Å². The van der Waals surface area contributed by atoms with Gasteiger partial charge in [0.15, 0.2) is 0 Å². The topological polar surface area (TPSA) is 221 Å². The van der Waals surface area contributed by atoms with Crippen molar-refractivity contribution in [2.45, 2.75) is 25.7 Å². The van der Waals surface area contributed by atoms with Gasteiger partial charge in [0, 0.05) is 12.8 Å². The molecule has 0 radical (unpaired) electrons. The fraction of sp³-hybridized carbons (Fsp3) is 0.400. The van der Waals surface area contributed by atoms with Crippen LogP contribution >= 0.6 is 0 Å². The van der Waals surface area contributed by atoms with Crippen LogP contribution in [-0.2, 0) is 9.59 Å². The van der Waals surface area contributed by atoms with Crippen LogP contribution in [0.4, 0.5) is 9.59 Å². The fourth-order valence-corrected chi connectivity index (χ4v) is 1.28. The third kappa shape index (κ3) is 10.7. The molecule has 10 N–H and O–H groups in total. The smallest absolute Gasteiger partial charge is 0.341 e. The Kier molecular flexibility index (Phi) is 8.28. The lowest BCUT2D eigenvalue weighted by Gasteiger charge is -2.04. The van der Waals surface area contributed by atoms with Crippen LogP contribution in [0.2, 0.25) is 0 Å². The Labute approximate surface area is 125 Å². The normalized spacial score (nSPS) is 11.6. The maximum Gasteiger partial charge on any atom is 0.341 e. The summed E-state index contributed by atoms with van der Waals surface area (Å²) in [6.45, 7) is 0. The van der Waals surface area contributed by atoms with Crippen LogP contribution in [0, 0.1) is 0 Å². The van der Waals surface area contributed by atoms with E-state index in [2.05, 4.69) is 20.6 Å². The fourth-order valence-electron chi connectivity index (χ4n) is 1.28. The first-order valence-electron chi connectivity index (χ1n) is 6.07. The Morgan fingerprint density at radius 1 is 0.682 bits per heavy atom. The zero-order chi connectivity index (χ0) is 17.1. The van der Waals surface area contributed by atoms with E-state index in [1.165, 1.54) is 0 Å². The Hall–Kier alpha value is -3.18. The van der Waals surface area contributed by atoms with Crippen LogP contribution < -0.4 is 33.6 Å². The van der Waals surface area contributed by atoms with E-state index in [4.69, 9.17) is 22.9 Å². The summed E-state index contributed by atoms with van der Waals surface area (Å²) in [5, 5.41) is 4.30. The quantitative estimate of drug-likeness (QED) is 0.183.